The first-order valence-electron chi connectivity index (χ1n) is 13.7. The van der Waals surface area contributed by atoms with Crippen LogP contribution in [0.15, 0.2) is 0 Å². The Bertz CT molecular complexity index is 509. The van der Waals surface area contributed by atoms with Crippen molar-refractivity contribution in [1.82, 2.24) is 0 Å². The third kappa shape index (κ3) is 13.4. The molecule has 0 saturated carbocycles. The number of unbranched alkanes of at least 4 members (excludes halogenated alkanes) is 16. The van der Waals surface area contributed by atoms with Gasteiger partial charge >= 0.3 is 0 Å². The first-order valence-corrected chi connectivity index (χ1v) is 14.3. The Balaban J connectivity index is 4.26. The molecule has 0 radical (unpaired) electrons. The number of carbonyl (C=O) groups excluding carboxylic acids is 2. The fourth-order valence-corrected chi connectivity index (χ4v) is 4.64. The maximum Gasteiger partial charge on any atom is 0.185 e. The summed E-state index contributed by atoms with van der Waals surface area (Å²) in [6, 6.07) is 0. The van der Waals surface area contributed by atoms with Crippen molar-refractivity contribution in [3.63, 3.8) is 0 Å². The largest absolute Gasteiger partial charge is 0.393 e. The van der Waals surface area contributed by atoms with Crippen molar-refractivity contribution < 1.29 is 24.9 Å². The molecule has 0 saturated heterocycles. The van der Waals surface area contributed by atoms with E-state index in [0.29, 0.717) is 12.8 Å². The van der Waals surface area contributed by atoms with Gasteiger partial charge in [0.05, 0.1) is 6.61 Å². The Morgan fingerprint density at radius 2 is 0.879 bits per heavy atom. The molecule has 0 aromatic heterocycles. The van der Waals surface area contributed by atoms with Crippen molar-refractivity contribution in [2.24, 2.45) is 0 Å². The maximum absolute atomic E-state index is 12.6. The molecule has 0 rings (SSSR count). The van der Waals surface area contributed by atoms with E-state index < -0.39 is 29.1 Å². The highest BCUT2D eigenvalue weighted by Gasteiger charge is 2.55. The second-order valence-electron chi connectivity index (χ2n) is 9.79. The first-order chi connectivity index (χ1) is 15.8. The van der Waals surface area contributed by atoms with Crippen LogP contribution in [-0.4, -0.2) is 44.4 Å². The van der Waals surface area contributed by atoms with Crippen LogP contribution in [0.5, 0.6) is 0 Å². The van der Waals surface area contributed by atoms with E-state index in [1.54, 1.807) is 0 Å². The highest BCUT2D eigenvalue weighted by molar-refractivity contribution is 7.21. The van der Waals surface area contributed by atoms with Gasteiger partial charge in [0, 0.05) is 12.8 Å². The summed E-state index contributed by atoms with van der Waals surface area (Å²) in [6.45, 7) is 3.44. The number of hydrogen-bond donors (Lipinski definition) is 3. The zero-order valence-corrected chi connectivity index (χ0v) is 22.7. The van der Waals surface area contributed by atoms with E-state index in [2.05, 4.69) is 13.8 Å². The number of carbonyl (C=O) groups is 2. The molecule has 0 aliphatic heterocycles. The molecule has 0 bridgehead atoms. The topological polar surface area (TPSA) is 94.8 Å². The fraction of sp³-hybridized carbons (Fsp3) is 0.926. The zero-order chi connectivity index (χ0) is 25.0. The summed E-state index contributed by atoms with van der Waals surface area (Å²) in [6.07, 6.45) is 19.9. The van der Waals surface area contributed by atoms with E-state index in [0.717, 1.165) is 38.5 Å². The minimum absolute atomic E-state index is 0.0505. The standard InChI is InChI=1S/C27H53O5P/c1-3-5-7-9-11-13-15-17-19-21-24(29)26(31,23-28)27(32,33)25(30)22-20-18-16-14-12-10-8-6-4-2/h28,31-32H,3-23,33H2,1-2H3. The van der Waals surface area contributed by atoms with E-state index in [1.807, 2.05) is 9.24 Å². The highest BCUT2D eigenvalue weighted by Crippen LogP contribution is 2.34. The number of ketones is 2. The van der Waals surface area contributed by atoms with E-state index >= 15 is 0 Å². The minimum Gasteiger partial charge on any atom is -0.393 e. The fourth-order valence-electron chi connectivity index (χ4n) is 4.24. The van der Waals surface area contributed by atoms with Crippen molar-refractivity contribution >= 4 is 20.8 Å². The van der Waals surface area contributed by atoms with E-state index in [1.165, 1.54) is 64.2 Å². The van der Waals surface area contributed by atoms with Gasteiger partial charge < -0.3 is 15.3 Å². The summed E-state index contributed by atoms with van der Waals surface area (Å²) in [5, 5.41) is 28.9. The van der Waals surface area contributed by atoms with Crippen molar-refractivity contribution in [3.05, 3.63) is 0 Å². The van der Waals surface area contributed by atoms with Gasteiger partial charge in [0.1, 0.15) is 0 Å². The summed E-state index contributed by atoms with van der Waals surface area (Å²) in [4.78, 5) is 25.3. The molecule has 3 unspecified atom stereocenters. The Kier molecular flexibility index (Phi) is 19.7. The Morgan fingerprint density at radius 3 is 1.21 bits per heavy atom. The van der Waals surface area contributed by atoms with Gasteiger partial charge in [-0.15, -0.1) is 0 Å². The number of aliphatic hydroxyl groups excluding tert-OH is 1. The van der Waals surface area contributed by atoms with Crippen LogP contribution in [0.1, 0.15) is 142 Å². The lowest BCUT2D eigenvalue weighted by atomic mass is 9.85. The Morgan fingerprint density at radius 1 is 0.576 bits per heavy atom. The van der Waals surface area contributed by atoms with Crippen LogP contribution < -0.4 is 0 Å². The van der Waals surface area contributed by atoms with Crippen LogP contribution in [0, 0.1) is 0 Å². The smallest absolute Gasteiger partial charge is 0.185 e. The van der Waals surface area contributed by atoms with Crippen LogP contribution in [0.2, 0.25) is 0 Å². The Hall–Kier alpha value is -0.350. The summed E-state index contributed by atoms with van der Waals surface area (Å²) >= 11 is 0. The number of aliphatic hydroxyl groups is 3. The number of rotatable bonds is 24. The maximum atomic E-state index is 12.6. The van der Waals surface area contributed by atoms with Gasteiger partial charge in [-0.1, -0.05) is 126 Å². The second kappa shape index (κ2) is 19.9. The second-order valence-corrected chi connectivity index (χ2v) is 10.6. The van der Waals surface area contributed by atoms with Crippen LogP contribution in [0.25, 0.3) is 0 Å². The van der Waals surface area contributed by atoms with Crippen LogP contribution in [-0.2, 0) is 9.59 Å². The zero-order valence-electron chi connectivity index (χ0n) is 21.6. The normalized spacial score (nSPS) is 15.2. The van der Waals surface area contributed by atoms with Gasteiger partial charge in [0.15, 0.2) is 22.5 Å². The van der Waals surface area contributed by atoms with Crippen molar-refractivity contribution in [2.45, 2.75) is 153 Å². The SMILES string of the molecule is CCCCCCCCCCCC(=O)C(O)(P)C(O)(CO)C(=O)CCCCCCCCCCC. The molecule has 0 fully saturated rings. The third-order valence-electron chi connectivity index (χ3n) is 6.76. The summed E-state index contributed by atoms with van der Waals surface area (Å²) in [5.74, 6) is -1.27. The van der Waals surface area contributed by atoms with Crippen LogP contribution in [0.4, 0.5) is 0 Å². The van der Waals surface area contributed by atoms with Crippen LogP contribution >= 0.6 is 9.24 Å². The lowest BCUT2D eigenvalue weighted by Gasteiger charge is -2.37. The van der Waals surface area contributed by atoms with Crippen molar-refractivity contribution in [2.75, 3.05) is 6.61 Å². The van der Waals surface area contributed by atoms with Crippen LogP contribution in [0.3, 0.4) is 0 Å². The average molecular weight is 489 g/mol. The third-order valence-corrected chi connectivity index (χ3v) is 7.56. The molecule has 196 valence electrons. The molecule has 5 nitrogen and oxygen atoms in total. The van der Waals surface area contributed by atoms with Gasteiger partial charge in [-0.3, -0.25) is 9.59 Å². The molecular weight excluding hydrogens is 435 g/mol. The molecule has 0 spiro atoms. The average Bonchev–Trinajstić information content (AvgIpc) is 2.80. The van der Waals surface area contributed by atoms with E-state index in [9.17, 15) is 24.9 Å². The molecule has 3 atom stereocenters. The highest BCUT2D eigenvalue weighted by atomic mass is 31.0. The van der Waals surface area contributed by atoms with Gasteiger partial charge in [0.2, 0.25) is 0 Å². The molecule has 0 aliphatic carbocycles. The molecule has 0 aromatic carbocycles. The first kappa shape index (κ1) is 32.7. The molecule has 6 heteroatoms. The van der Waals surface area contributed by atoms with Gasteiger partial charge in [-0.05, 0) is 12.8 Å². The number of hydrogen-bond acceptors (Lipinski definition) is 5. The lowest BCUT2D eigenvalue weighted by molar-refractivity contribution is -0.172. The molecular formula is C27H53O5P. The van der Waals surface area contributed by atoms with Crippen molar-refractivity contribution in [1.29, 1.82) is 0 Å². The van der Waals surface area contributed by atoms with E-state index in [-0.39, 0.29) is 12.8 Å². The lowest BCUT2D eigenvalue weighted by Crippen LogP contribution is -2.62. The quantitative estimate of drug-likeness (QED) is 0.110. The van der Waals surface area contributed by atoms with E-state index in [4.69, 9.17) is 0 Å². The predicted molar refractivity (Wildman–Crippen MR) is 140 cm³/mol. The van der Waals surface area contributed by atoms with Gasteiger partial charge in [-0.2, -0.15) is 0 Å². The molecule has 0 aliphatic rings. The molecule has 0 amide bonds. The van der Waals surface area contributed by atoms with Gasteiger partial charge in [0.25, 0.3) is 0 Å². The molecule has 0 heterocycles. The van der Waals surface area contributed by atoms with Gasteiger partial charge in [-0.25, -0.2) is 0 Å². The summed E-state index contributed by atoms with van der Waals surface area (Å²) < 4.78 is 0. The summed E-state index contributed by atoms with van der Waals surface area (Å²) in [7, 11) is 1.94. The Labute approximate surface area is 205 Å². The summed E-state index contributed by atoms with van der Waals surface area (Å²) in [5.41, 5.74) is -2.46. The molecule has 0 aromatic rings. The predicted octanol–water partition coefficient (Wildman–Crippen LogP) is 6.25. The van der Waals surface area contributed by atoms with Crippen molar-refractivity contribution in [3.8, 4) is 0 Å². The minimum atomic E-state index is -2.46. The molecule has 3 N–H and O–H groups in total. The molecule has 33 heavy (non-hydrogen) atoms. The monoisotopic (exact) mass is 488 g/mol. The number of Topliss-reactive ketones (excluding diaryl/α,β-unsaturated/α-hetero) is 2.